The topological polar surface area (TPSA) is 73.6 Å². The van der Waals surface area contributed by atoms with Gasteiger partial charge in [-0.1, -0.05) is 30.3 Å². The molecule has 6 nitrogen and oxygen atoms in total. The van der Waals surface area contributed by atoms with Gasteiger partial charge in [0.25, 0.3) is 0 Å². The third-order valence-electron chi connectivity index (χ3n) is 3.73. The Bertz CT molecular complexity index is 869. The van der Waals surface area contributed by atoms with E-state index < -0.39 is 0 Å². The van der Waals surface area contributed by atoms with Crippen molar-refractivity contribution in [2.45, 2.75) is 19.9 Å². The molecular formula is C18H17N3O3. The molecule has 6 heteroatoms. The van der Waals surface area contributed by atoms with Crippen LogP contribution in [0, 0.1) is 4.91 Å². The van der Waals surface area contributed by atoms with E-state index in [4.69, 9.17) is 4.74 Å². The SMILES string of the molecule is CCOC(=O)Cn1nc(Cc2ccc(N=O)cc2)c2ccccc21. The molecule has 122 valence electrons. The van der Waals surface area contributed by atoms with Gasteiger partial charge in [0.1, 0.15) is 12.2 Å². The number of nitroso groups, excluding NO2 is 1. The van der Waals surface area contributed by atoms with Crippen LogP contribution < -0.4 is 0 Å². The summed E-state index contributed by atoms with van der Waals surface area (Å²) in [5.74, 6) is -0.307. The Hall–Kier alpha value is -3.02. The summed E-state index contributed by atoms with van der Waals surface area (Å²) in [4.78, 5) is 22.3. The number of rotatable bonds is 6. The van der Waals surface area contributed by atoms with Gasteiger partial charge in [-0.15, -0.1) is 4.91 Å². The van der Waals surface area contributed by atoms with Gasteiger partial charge < -0.3 is 4.74 Å². The average Bonchev–Trinajstić information content (AvgIpc) is 2.94. The number of carbonyl (C=O) groups excluding carboxylic acids is 1. The molecule has 24 heavy (non-hydrogen) atoms. The van der Waals surface area contributed by atoms with Gasteiger partial charge in [-0.3, -0.25) is 9.48 Å². The molecule has 3 rings (SSSR count). The number of aromatic nitrogens is 2. The van der Waals surface area contributed by atoms with E-state index in [-0.39, 0.29) is 12.5 Å². The summed E-state index contributed by atoms with van der Waals surface area (Å²) >= 11 is 0. The maximum Gasteiger partial charge on any atom is 0.327 e. The molecule has 1 aromatic heterocycles. The van der Waals surface area contributed by atoms with Crippen molar-refractivity contribution in [1.29, 1.82) is 0 Å². The number of benzene rings is 2. The zero-order valence-electron chi connectivity index (χ0n) is 13.3. The summed E-state index contributed by atoms with van der Waals surface area (Å²) in [5.41, 5.74) is 3.19. The smallest absolute Gasteiger partial charge is 0.327 e. The minimum Gasteiger partial charge on any atom is -0.465 e. The van der Waals surface area contributed by atoms with Crippen LogP contribution in [0.2, 0.25) is 0 Å². The number of ether oxygens (including phenoxy) is 1. The molecule has 0 aliphatic rings. The number of hydrogen-bond donors (Lipinski definition) is 0. The van der Waals surface area contributed by atoms with E-state index in [0.29, 0.717) is 18.7 Å². The Labute approximate surface area is 139 Å². The van der Waals surface area contributed by atoms with Crippen molar-refractivity contribution in [1.82, 2.24) is 9.78 Å². The first-order valence-electron chi connectivity index (χ1n) is 7.73. The van der Waals surface area contributed by atoms with E-state index in [1.165, 1.54) is 0 Å². The lowest BCUT2D eigenvalue weighted by molar-refractivity contribution is -0.143. The van der Waals surface area contributed by atoms with Gasteiger partial charge >= 0.3 is 5.97 Å². The van der Waals surface area contributed by atoms with Crippen LogP contribution in [0.5, 0.6) is 0 Å². The van der Waals surface area contributed by atoms with Crippen molar-refractivity contribution < 1.29 is 9.53 Å². The first-order chi connectivity index (χ1) is 11.7. The number of para-hydroxylation sites is 1. The number of fused-ring (bicyclic) bond motifs is 1. The molecule has 0 saturated heterocycles. The van der Waals surface area contributed by atoms with E-state index in [0.717, 1.165) is 22.2 Å². The van der Waals surface area contributed by atoms with Crippen molar-refractivity contribution >= 4 is 22.6 Å². The predicted molar refractivity (Wildman–Crippen MR) is 91.1 cm³/mol. The summed E-state index contributed by atoms with van der Waals surface area (Å²) in [6, 6.07) is 14.9. The Morgan fingerprint density at radius 1 is 1.17 bits per heavy atom. The second-order valence-electron chi connectivity index (χ2n) is 5.36. The predicted octanol–water partition coefficient (Wildman–Crippen LogP) is 3.59. The second kappa shape index (κ2) is 7.04. The second-order valence-corrected chi connectivity index (χ2v) is 5.36. The lowest BCUT2D eigenvalue weighted by Crippen LogP contribution is -2.14. The van der Waals surface area contributed by atoms with Crippen LogP contribution in [-0.2, 0) is 22.5 Å². The third-order valence-corrected chi connectivity index (χ3v) is 3.73. The molecule has 0 saturated carbocycles. The number of nitrogens with zero attached hydrogens (tertiary/aromatic N) is 3. The van der Waals surface area contributed by atoms with Crippen molar-refractivity contribution in [3.8, 4) is 0 Å². The largest absolute Gasteiger partial charge is 0.465 e. The lowest BCUT2D eigenvalue weighted by Gasteiger charge is -2.03. The fourth-order valence-corrected chi connectivity index (χ4v) is 2.64. The Kier molecular flexibility index (Phi) is 4.65. The molecule has 3 aromatic rings. The highest BCUT2D eigenvalue weighted by molar-refractivity contribution is 5.83. The van der Waals surface area contributed by atoms with E-state index in [2.05, 4.69) is 10.3 Å². The van der Waals surface area contributed by atoms with Gasteiger partial charge in [0.2, 0.25) is 0 Å². The molecule has 0 spiro atoms. The molecule has 1 heterocycles. The lowest BCUT2D eigenvalue weighted by atomic mass is 10.1. The van der Waals surface area contributed by atoms with Crippen LogP contribution in [0.1, 0.15) is 18.2 Å². The standard InChI is InChI=1S/C18H17N3O3/c1-2-24-18(22)12-21-17-6-4-3-5-15(17)16(19-21)11-13-7-9-14(20-23)10-8-13/h3-10H,2,11-12H2,1H3. The average molecular weight is 323 g/mol. The summed E-state index contributed by atoms with van der Waals surface area (Å²) in [5, 5.41) is 8.48. The van der Waals surface area contributed by atoms with E-state index in [1.807, 2.05) is 36.4 Å². The molecule has 0 atom stereocenters. The molecular weight excluding hydrogens is 306 g/mol. The molecule has 0 radical (unpaired) electrons. The van der Waals surface area contributed by atoms with Crippen LogP contribution in [0.15, 0.2) is 53.7 Å². The highest BCUT2D eigenvalue weighted by atomic mass is 16.5. The minimum absolute atomic E-state index is 0.0857. The maximum absolute atomic E-state index is 11.8. The molecule has 0 N–H and O–H groups in total. The third kappa shape index (κ3) is 3.32. The summed E-state index contributed by atoms with van der Waals surface area (Å²) in [7, 11) is 0. The first kappa shape index (κ1) is 15.9. The summed E-state index contributed by atoms with van der Waals surface area (Å²) in [6.45, 7) is 2.22. The quantitative estimate of drug-likeness (QED) is 0.513. The van der Waals surface area contributed by atoms with E-state index in [1.54, 1.807) is 23.7 Å². The first-order valence-corrected chi connectivity index (χ1v) is 7.73. The summed E-state index contributed by atoms with van der Waals surface area (Å²) < 4.78 is 6.68. The van der Waals surface area contributed by atoms with Crippen LogP contribution in [0.3, 0.4) is 0 Å². The Balaban J connectivity index is 1.92. The van der Waals surface area contributed by atoms with Crippen LogP contribution in [-0.4, -0.2) is 22.4 Å². The monoisotopic (exact) mass is 323 g/mol. The number of hydrogen-bond acceptors (Lipinski definition) is 5. The van der Waals surface area contributed by atoms with Gasteiger partial charge in [0.15, 0.2) is 0 Å². The number of esters is 1. The van der Waals surface area contributed by atoms with Crippen molar-refractivity contribution in [3.63, 3.8) is 0 Å². The van der Waals surface area contributed by atoms with Gasteiger partial charge in [0, 0.05) is 11.8 Å². The van der Waals surface area contributed by atoms with E-state index in [9.17, 15) is 9.70 Å². The van der Waals surface area contributed by atoms with Crippen LogP contribution >= 0.6 is 0 Å². The zero-order valence-corrected chi connectivity index (χ0v) is 13.3. The Morgan fingerprint density at radius 2 is 1.92 bits per heavy atom. The molecule has 0 bridgehead atoms. The Morgan fingerprint density at radius 3 is 2.62 bits per heavy atom. The molecule has 0 amide bonds. The minimum atomic E-state index is -0.307. The highest BCUT2D eigenvalue weighted by Crippen LogP contribution is 2.22. The summed E-state index contributed by atoms with van der Waals surface area (Å²) in [6.07, 6.45) is 0.607. The van der Waals surface area contributed by atoms with Gasteiger partial charge in [-0.05, 0) is 35.9 Å². The number of carbonyl (C=O) groups is 1. The van der Waals surface area contributed by atoms with Crippen LogP contribution in [0.4, 0.5) is 5.69 Å². The van der Waals surface area contributed by atoms with Crippen molar-refractivity contribution in [2.75, 3.05) is 6.61 Å². The molecule has 2 aromatic carbocycles. The fraction of sp³-hybridized carbons (Fsp3) is 0.222. The fourth-order valence-electron chi connectivity index (χ4n) is 2.64. The molecule has 0 fully saturated rings. The van der Waals surface area contributed by atoms with Crippen LogP contribution in [0.25, 0.3) is 10.9 Å². The maximum atomic E-state index is 11.8. The van der Waals surface area contributed by atoms with Gasteiger partial charge in [0.05, 0.1) is 17.8 Å². The van der Waals surface area contributed by atoms with Crippen molar-refractivity contribution in [2.24, 2.45) is 5.18 Å². The van der Waals surface area contributed by atoms with Crippen molar-refractivity contribution in [3.05, 3.63) is 64.7 Å². The molecule has 0 unspecified atom stereocenters. The normalized spacial score (nSPS) is 10.7. The zero-order chi connectivity index (χ0) is 16.9. The van der Waals surface area contributed by atoms with Gasteiger partial charge in [-0.25, -0.2) is 0 Å². The van der Waals surface area contributed by atoms with Gasteiger partial charge in [-0.2, -0.15) is 5.10 Å². The van der Waals surface area contributed by atoms with E-state index >= 15 is 0 Å². The molecule has 0 aliphatic carbocycles. The highest BCUT2D eigenvalue weighted by Gasteiger charge is 2.13. The molecule has 0 aliphatic heterocycles.